The fourth-order valence-corrected chi connectivity index (χ4v) is 1.85. The molecule has 0 aliphatic carbocycles. The summed E-state index contributed by atoms with van der Waals surface area (Å²) in [6.45, 7) is 2.10. The standard InChI is InChI=1S/C14H18FN3O/c1-2-3-8-12(16)14-17-13(18-19-14)9-10-6-4-5-7-11(10)15/h4-7,12H,2-3,8-9,16H2,1H3/t12-/m0/s1. The number of halogens is 1. The van der Waals surface area contributed by atoms with E-state index in [1.807, 2.05) is 0 Å². The Morgan fingerprint density at radius 2 is 2.16 bits per heavy atom. The molecule has 1 atom stereocenters. The second kappa shape index (κ2) is 6.43. The first kappa shape index (κ1) is 13.7. The highest BCUT2D eigenvalue weighted by Crippen LogP contribution is 2.16. The normalized spacial score (nSPS) is 12.6. The predicted octanol–water partition coefficient (Wildman–Crippen LogP) is 2.99. The smallest absolute Gasteiger partial charge is 0.243 e. The van der Waals surface area contributed by atoms with Gasteiger partial charge in [0.1, 0.15) is 5.82 Å². The van der Waals surface area contributed by atoms with Crippen LogP contribution in [0.4, 0.5) is 4.39 Å². The van der Waals surface area contributed by atoms with Gasteiger partial charge >= 0.3 is 0 Å². The van der Waals surface area contributed by atoms with Crippen LogP contribution in [0.5, 0.6) is 0 Å². The van der Waals surface area contributed by atoms with Crippen molar-refractivity contribution in [1.29, 1.82) is 0 Å². The molecule has 0 radical (unpaired) electrons. The molecule has 1 heterocycles. The maximum Gasteiger partial charge on any atom is 0.243 e. The van der Waals surface area contributed by atoms with E-state index in [0.29, 0.717) is 23.7 Å². The van der Waals surface area contributed by atoms with Crippen molar-refractivity contribution in [2.75, 3.05) is 0 Å². The average Bonchev–Trinajstić information content (AvgIpc) is 2.87. The number of unbranched alkanes of at least 4 members (excludes halogenated alkanes) is 1. The summed E-state index contributed by atoms with van der Waals surface area (Å²) in [6.07, 6.45) is 3.23. The average molecular weight is 263 g/mol. The largest absolute Gasteiger partial charge is 0.338 e. The number of hydrogen-bond donors (Lipinski definition) is 1. The molecular formula is C14H18FN3O. The fourth-order valence-electron chi connectivity index (χ4n) is 1.85. The highest BCUT2D eigenvalue weighted by Gasteiger charge is 2.15. The van der Waals surface area contributed by atoms with Crippen molar-refractivity contribution in [3.8, 4) is 0 Å². The minimum atomic E-state index is -0.260. The molecule has 0 spiro atoms. The van der Waals surface area contributed by atoms with Crippen molar-refractivity contribution < 1.29 is 8.91 Å². The number of aromatic nitrogens is 2. The molecule has 5 heteroatoms. The minimum absolute atomic E-state index is 0.234. The molecule has 0 aliphatic rings. The Morgan fingerprint density at radius 3 is 2.89 bits per heavy atom. The van der Waals surface area contributed by atoms with Crippen molar-refractivity contribution in [3.05, 3.63) is 47.4 Å². The van der Waals surface area contributed by atoms with E-state index in [2.05, 4.69) is 17.1 Å². The van der Waals surface area contributed by atoms with E-state index in [-0.39, 0.29) is 11.9 Å². The van der Waals surface area contributed by atoms with Gasteiger partial charge in [0.15, 0.2) is 5.82 Å². The Labute approximate surface area is 111 Å². The van der Waals surface area contributed by atoms with Crippen LogP contribution in [-0.2, 0) is 6.42 Å². The van der Waals surface area contributed by atoms with E-state index in [1.165, 1.54) is 6.07 Å². The second-order valence-corrected chi connectivity index (χ2v) is 4.57. The van der Waals surface area contributed by atoms with Gasteiger partial charge in [-0.25, -0.2) is 4.39 Å². The highest BCUT2D eigenvalue weighted by molar-refractivity contribution is 5.20. The van der Waals surface area contributed by atoms with Crippen LogP contribution in [-0.4, -0.2) is 10.1 Å². The van der Waals surface area contributed by atoms with E-state index in [9.17, 15) is 4.39 Å². The van der Waals surface area contributed by atoms with Crippen LogP contribution in [0.25, 0.3) is 0 Å². The number of nitrogens with zero attached hydrogens (tertiary/aromatic N) is 2. The van der Waals surface area contributed by atoms with Gasteiger partial charge in [-0.05, 0) is 18.1 Å². The van der Waals surface area contributed by atoms with Crippen molar-refractivity contribution in [3.63, 3.8) is 0 Å². The van der Waals surface area contributed by atoms with Gasteiger partial charge in [-0.1, -0.05) is 43.1 Å². The molecule has 1 aromatic heterocycles. The maximum atomic E-state index is 13.5. The molecule has 0 aliphatic heterocycles. The van der Waals surface area contributed by atoms with Gasteiger partial charge in [0, 0.05) is 6.42 Å². The molecule has 0 fully saturated rings. The Bertz CT molecular complexity index is 527. The molecule has 0 saturated heterocycles. The van der Waals surface area contributed by atoms with Crippen molar-refractivity contribution in [2.24, 2.45) is 5.73 Å². The van der Waals surface area contributed by atoms with Crippen LogP contribution in [0.2, 0.25) is 0 Å². The lowest BCUT2D eigenvalue weighted by molar-refractivity contribution is 0.343. The van der Waals surface area contributed by atoms with Crippen molar-refractivity contribution >= 4 is 0 Å². The van der Waals surface area contributed by atoms with Crippen LogP contribution in [0, 0.1) is 5.82 Å². The molecule has 2 rings (SSSR count). The zero-order chi connectivity index (χ0) is 13.7. The Balaban J connectivity index is 2.03. The quantitative estimate of drug-likeness (QED) is 0.870. The monoisotopic (exact) mass is 263 g/mol. The number of benzene rings is 1. The van der Waals surface area contributed by atoms with Gasteiger partial charge in [0.25, 0.3) is 0 Å². The van der Waals surface area contributed by atoms with Crippen LogP contribution in [0.1, 0.15) is 49.5 Å². The molecule has 4 nitrogen and oxygen atoms in total. The minimum Gasteiger partial charge on any atom is -0.338 e. The number of nitrogens with two attached hydrogens (primary N) is 1. The Kier molecular flexibility index (Phi) is 4.63. The molecule has 19 heavy (non-hydrogen) atoms. The molecule has 2 aromatic rings. The summed E-state index contributed by atoms with van der Waals surface area (Å²) < 4.78 is 18.6. The van der Waals surface area contributed by atoms with E-state index in [1.54, 1.807) is 18.2 Å². The van der Waals surface area contributed by atoms with Crippen LogP contribution in [0.15, 0.2) is 28.8 Å². The first-order chi connectivity index (χ1) is 9.20. The molecule has 0 unspecified atom stereocenters. The molecular weight excluding hydrogens is 245 g/mol. The molecule has 0 saturated carbocycles. The zero-order valence-electron chi connectivity index (χ0n) is 11.0. The van der Waals surface area contributed by atoms with Gasteiger partial charge in [0.05, 0.1) is 6.04 Å². The summed E-state index contributed by atoms with van der Waals surface area (Å²) in [5, 5.41) is 3.85. The van der Waals surface area contributed by atoms with E-state index >= 15 is 0 Å². The van der Waals surface area contributed by atoms with Crippen molar-refractivity contribution in [1.82, 2.24) is 10.1 Å². The lowest BCUT2D eigenvalue weighted by atomic mass is 10.1. The van der Waals surface area contributed by atoms with Gasteiger partial charge in [0.2, 0.25) is 5.89 Å². The van der Waals surface area contributed by atoms with Gasteiger partial charge in [-0.2, -0.15) is 4.98 Å². The molecule has 1 aromatic carbocycles. The van der Waals surface area contributed by atoms with Crippen molar-refractivity contribution in [2.45, 2.75) is 38.6 Å². The molecule has 102 valence electrons. The summed E-state index contributed by atoms with van der Waals surface area (Å²) in [6, 6.07) is 6.33. The zero-order valence-corrected chi connectivity index (χ0v) is 11.0. The number of hydrogen-bond acceptors (Lipinski definition) is 4. The summed E-state index contributed by atoms with van der Waals surface area (Å²) >= 11 is 0. The third-order valence-electron chi connectivity index (χ3n) is 2.98. The second-order valence-electron chi connectivity index (χ2n) is 4.57. The number of rotatable bonds is 6. The lowest BCUT2D eigenvalue weighted by Crippen LogP contribution is -2.10. The van der Waals surface area contributed by atoms with E-state index in [4.69, 9.17) is 10.3 Å². The SMILES string of the molecule is CCCC[C@H](N)c1nc(Cc2ccccc2F)no1. The third kappa shape index (κ3) is 3.61. The van der Waals surface area contributed by atoms with Gasteiger partial charge in [-0.15, -0.1) is 0 Å². The molecule has 0 bridgehead atoms. The first-order valence-electron chi connectivity index (χ1n) is 6.52. The van der Waals surface area contributed by atoms with Gasteiger partial charge in [-0.3, -0.25) is 0 Å². The lowest BCUT2D eigenvalue weighted by Gasteiger charge is -2.03. The van der Waals surface area contributed by atoms with E-state index < -0.39 is 0 Å². The summed E-state index contributed by atoms with van der Waals surface area (Å²) in [7, 11) is 0. The Morgan fingerprint density at radius 1 is 1.37 bits per heavy atom. The van der Waals surface area contributed by atoms with Crippen LogP contribution < -0.4 is 5.73 Å². The maximum absolute atomic E-state index is 13.5. The Hall–Kier alpha value is -1.75. The van der Waals surface area contributed by atoms with Crippen LogP contribution in [0.3, 0.4) is 0 Å². The summed E-state index contributed by atoms with van der Waals surface area (Å²) in [5.41, 5.74) is 6.50. The molecule has 2 N–H and O–H groups in total. The topological polar surface area (TPSA) is 64.9 Å². The fraction of sp³-hybridized carbons (Fsp3) is 0.429. The van der Waals surface area contributed by atoms with Crippen LogP contribution >= 0.6 is 0 Å². The molecule has 0 amide bonds. The van der Waals surface area contributed by atoms with E-state index in [0.717, 1.165) is 19.3 Å². The summed E-state index contributed by atoms with van der Waals surface area (Å²) in [5.74, 6) is 0.635. The predicted molar refractivity (Wildman–Crippen MR) is 70.0 cm³/mol. The highest BCUT2D eigenvalue weighted by atomic mass is 19.1. The first-order valence-corrected chi connectivity index (χ1v) is 6.52. The van der Waals surface area contributed by atoms with Gasteiger partial charge < -0.3 is 10.3 Å². The third-order valence-corrected chi connectivity index (χ3v) is 2.98. The summed E-state index contributed by atoms with van der Waals surface area (Å²) in [4.78, 5) is 4.23.